The third kappa shape index (κ3) is 2.80. The van der Waals surface area contributed by atoms with Gasteiger partial charge in [-0.1, -0.05) is 0 Å². The number of carbonyl (C=O) groups excluding carboxylic acids is 1. The van der Waals surface area contributed by atoms with Crippen molar-refractivity contribution in [2.45, 2.75) is 19.9 Å². The minimum absolute atomic E-state index is 0.0908. The fraction of sp³-hybridized carbons (Fsp3) is 0.417. The first kappa shape index (κ1) is 14.0. The number of aryl methyl sites for hydroxylation is 3. The highest BCUT2D eigenvalue weighted by atomic mass is 127. The fourth-order valence-electron chi connectivity index (χ4n) is 2.05. The molecule has 2 heterocycles. The van der Waals surface area contributed by atoms with Gasteiger partial charge in [0.05, 0.1) is 21.5 Å². The fourth-order valence-corrected chi connectivity index (χ4v) is 2.77. The third-order valence-electron chi connectivity index (χ3n) is 2.97. The van der Waals surface area contributed by atoms with Crippen LogP contribution in [-0.4, -0.2) is 25.5 Å². The molecule has 2 aromatic heterocycles. The summed E-state index contributed by atoms with van der Waals surface area (Å²) in [7, 11) is 3.63. The number of carbonyl (C=O) groups is 1. The predicted molar refractivity (Wildman–Crippen MR) is 79.8 cm³/mol. The molecule has 2 rings (SSSR count). The van der Waals surface area contributed by atoms with Crippen LogP contribution in [0.3, 0.4) is 0 Å². The Bertz CT molecular complexity index is 596. The van der Waals surface area contributed by atoms with E-state index in [0.717, 1.165) is 14.8 Å². The van der Waals surface area contributed by atoms with E-state index in [1.165, 1.54) is 0 Å². The van der Waals surface area contributed by atoms with Crippen molar-refractivity contribution in [3.05, 3.63) is 32.9 Å². The number of halogens is 1. The molecule has 1 N–H and O–H groups in total. The smallest absolute Gasteiger partial charge is 0.271 e. The molecule has 0 bridgehead atoms. The summed E-state index contributed by atoms with van der Waals surface area (Å²) in [6.45, 7) is 3.89. The summed E-state index contributed by atoms with van der Waals surface area (Å²) in [6.07, 6.45) is 3.60. The molecule has 0 aliphatic rings. The molecule has 1 atom stereocenters. The summed E-state index contributed by atoms with van der Waals surface area (Å²) >= 11 is 2.11. The Kier molecular flexibility index (Phi) is 3.93. The number of rotatable bonds is 3. The molecule has 1 amide bonds. The van der Waals surface area contributed by atoms with Gasteiger partial charge in [-0.05, 0) is 36.4 Å². The summed E-state index contributed by atoms with van der Waals surface area (Å²) in [4.78, 5) is 12.2. The van der Waals surface area contributed by atoms with Crippen LogP contribution in [0.5, 0.6) is 0 Å². The summed E-state index contributed by atoms with van der Waals surface area (Å²) in [5, 5.41) is 11.3. The zero-order valence-electron chi connectivity index (χ0n) is 11.3. The van der Waals surface area contributed by atoms with Gasteiger partial charge in [-0.3, -0.25) is 14.2 Å². The minimum atomic E-state index is -0.125. The van der Waals surface area contributed by atoms with E-state index in [2.05, 4.69) is 38.1 Å². The van der Waals surface area contributed by atoms with E-state index in [0.29, 0.717) is 5.69 Å². The van der Waals surface area contributed by atoms with Crippen molar-refractivity contribution in [3.63, 3.8) is 0 Å². The van der Waals surface area contributed by atoms with Crippen LogP contribution in [0.2, 0.25) is 0 Å². The van der Waals surface area contributed by atoms with Crippen LogP contribution in [0, 0.1) is 10.5 Å². The van der Waals surface area contributed by atoms with Crippen molar-refractivity contribution in [2.24, 2.45) is 14.1 Å². The Morgan fingerprint density at radius 2 is 2.16 bits per heavy atom. The van der Waals surface area contributed by atoms with E-state index in [4.69, 9.17) is 0 Å². The molecule has 0 saturated heterocycles. The zero-order valence-corrected chi connectivity index (χ0v) is 13.5. The van der Waals surface area contributed by atoms with Crippen LogP contribution < -0.4 is 5.32 Å². The Labute approximate surface area is 125 Å². The molecule has 0 aliphatic carbocycles. The van der Waals surface area contributed by atoms with Crippen molar-refractivity contribution in [2.75, 3.05) is 0 Å². The number of amides is 1. The number of aromatic nitrogens is 4. The molecule has 7 heteroatoms. The molecule has 0 aliphatic heterocycles. The first-order valence-electron chi connectivity index (χ1n) is 5.88. The third-order valence-corrected chi connectivity index (χ3v) is 3.76. The van der Waals surface area contributed by atoms with E-state index >= 15 is 0 Å². The van der Waals surface area contributed by atoms with Gasteiger partial charge in [-0.15, -0.1) is 0 Å². The lowest BCUT2D eigenvalue weighted by Crippen LogP contribution is -2.29. The Morgan fingerprint density at radius 3 is 2.63 bits per heavy atom. The van der Waals surface area contributed by atoms with Gasteiger partial charge in [0.1, 0.15) is 5.69 Å². The van der Waals surface area contributed by atoms with Gasteiger partial charge < -0.3 is 5.32 Å². The SMILES string of the molecule is Cc1nn(C)cc1C(C)NC(=O)c1c(I)cnn1C. The van der Waals surface area contributed by atoms with Gasteiger partial charge >= 0.3 is 0 Å². The summed E-state index contributed by atoms with van der Waals surface area (Å²) in [6, 6.07) is -0.0908. The Hall–Kier alpha value is -1.38. The van der Waals surface area contributed by atoms with E-state index in [-0.39, 0.29) is 11.9 Å². The van der Waals surface area contributed by atoms with Gasteiger partial charge in [0.15, 0.2) is 0 Å². The quantitative estimate of drug-likeness (QED) is 0.831. The van der Waals surface area contributed by atoms with E-state index in [1.54, 1.807) is 22.6 Å². The molecule has 0 aromatic carbocycles. The number of hydrogen-bond acceptors (Lipinski definition) is 3. The number of nitrogens with one attached hydrogen (secondary N) is 1. The van der Waals surface area contributed by atoms with Crippen molar-refractivity contribution >= 4 is 28.5 Å². The monoisotopic (exact) mass is 373 g/mol. The highest BCUT2D eigenvalue weighted by molar-refractivity contribution is 14.1. The van der Waals surface area contributed by atoms with Crippen LogP contribution in [0.25, 0.3) is 0 Å². The summed E-state index contributed by atoms with van der Waals surface area (Å²) in [5.74, 6) is -0.125. The molecule has 2 aromatic rings. The molecule has 102 valence electrons. The maximum atomic E-state index is 12.2. The minimum Gasteiger partial charge on any atom is -0.344 e. The van der Waals surface area contributed by atoms with Crippen molar-refractivity contribution in [3.8, 4) is 0 Å². The van der Waals surface area contributed by atoms with E-state index in [9.17, 15) is 4.79 Å². The highest BCUT2D eigenvalue weighted by Crippen LogP contribution is 2.17. The average Bonchev–Trinajstić information content (AvgIpc) is 2.81. The van der Waals surface area contributed by atoms with Crippen LogP contribution in [0.4, 0.5) is 0 Å². The lowest BCUT2D eigenvalue weighted by Gasteiger charge is -2.13. The van der Waals surface area contributed by atoms with Gasteiger partial charge in [0.2, 0.25) is 0 Å². The second-order valence-electron chi connectivity index (χ2n) is 4.50. The maximum Gasteiger partial charge on any atom is 0.271 e. The molecular formula is C12H16IN5O. The Morgan fingerprint density at radius 1 is 1.47 bits per heavy atom. The van der Waals surface area contributed by atoms with Crippen LogP contribution in [0.15, 0.2) is 12.4 Å². The second-order valence-corrected chi connectivity index (χ2v) is 5.67. The molecule has 0 spiro atoms. The second kappa shape index (κ2) is 5.32. The molecule has 6 nitrogen and oxygen atoms in total. The van der Waals surface area contributed by atoms with Crippen LogP contribution in [0.1, 0.15) is 34.7 Å². The van der Waals surface area contributed by atoms with Crippen molar-refractivity contribution in [1.29, 1.82) is 0 Å². The topological polar surface area (TPSA) is 64.7 Å². The van der Waals surface area contributed by atoms with Crippen molar-refractivity contribution < 1.29 is 4.79 Å². The molecule has 0 saturated carbocycles. The average molecular weight is 373 g/mol. The first-order chi connectivity index (χ1) is 8.90. The van der Waals surface area contributed by atoms with Crippen LogP contribution in [-0.2, 0) is 14.1 Å². The number of nitrogens with zero attached hydrogens (tertiary/aromatic N) is 4. The van der Waals surface area contributed by atoms with Crippen LogP contribution >= 0.6 is 22.6 Å². The molecule has 0 radical (unpaired) electrons. The largest absolute Gasteiger partial charge is 0.344 e. The zero-order chi connectivity index (χ0) is 14.2. The normalized spacial score (nSPS) is 12.5. The molecule has 0 fully saturated rings. The highest BCUT2D eigenvalue weighted by Gasteiger charge is 2.19. The summed E-state index contributed by atoms with van der Waals surface area (Å²) < 4.78 is 4.17. The van der Waals surface area contributed by atoms with E-state index < -0.39 is 0 Å². The molecule has 1 unspecified atom stereocenters. The van der Waals surface area contributed by atoms with Gasteiger partial charge in [0.25, 0.3) is 5.91 Å². The lowest BCUT2D eigenvalue weighted by molar-refractivity contribution is 0.0929. The predicted octanol–water partition coefficient (Wildman–Crippen LogP) is 1.56. The summed E-state index contributed by atoms with van der Waals surface area (Å²) in [5.41, 5.74) is 2.53. The number of hydrogen-bond donors (Lipinski definition) is 1. The first-order valence-corrected chi connectivity index (χ1v) is 6.96. The lowest BCUT2D eigenvalue weighted by atomic mass is 10.1. The Balaban J connectivity index is 2.18. The molecule has 19 heavy (non-hydrogen) atoms. The van der Waals surface area contributed by atoms with Gasteiger partial charge in [-0.2, -0.15) is 10.2 Å². The van der Waals surface area contributed by atoms with Crippen molar-refractivity contribution in [1.82, 2.24) is 24.9 Å². The maximum absolute atomic E-state index is 12.2. The van der Waals surface area contributed by atoms with E-state index in [1.807, 2.05) is 27.1 Å². The molecular weight excluding hydrogens is 357 g/mol. The van der Waals surface area contributed by atoms with Gasteiger partial charge in [0, 0.05) is 25.9 Å². The van der Waals surface area contributed by atoms with Gasteiger partial charge in [-0.25, -0.2) is 0 Å². The standard InChI is InChI=1S/C12H16IN5O/c1-7(9-6-17(3)16-8(9)2)15-12(19)11-10(13)5-14-18(11)4/h5-7H,1-4H3,(H,15,19).